The van der Waals surface area contributed by atoms with Crippen molar-refractivity contribution in [2.75, 3.05) is 6.61 Å². The van der Waals surface area contributed by atoms with Crippen LogP contribution >= 0.6 is 11.3 Å². The molecule has 0 spiro atoms. The molecule has 8 heteroatoms. The maximum Gasteiger partial charge on any atom is 0.338 e. The third-order valence-corrected chi connectivity index (χ3v) is 7.82. The van der Waals surface area contributed by atoms with Gasteiger partial charge in [0.15, 0.2) is 0 Å². The van der Waals surface area contributed by atoms with Gasteiger partial charge < -0.3 is 9.84 Å². The van der Waals surface area contributed by atoms with E-state index in [4.69, 9.17) is 4.74 Å². The van der Waals surface area contributed by atoms with Crippen LogP contribution < -0.4 is 5.56 Å². The molecular weight excluding hydrogens is 486 g/mol. The van der Waals surface area contributed by atoms with Gasteiger partial charge >= 0.3 is 5.97 Å². The molecule has 5 rings (SSSR count). The number of esters is 1. The number of nitriles is 1. The third-order valence-electron chi connectivity index (χ3n) is 6.66. The number of thiophene rings is 1. The maximum absolute atomic E-state index is 13.4. The van der Waals surface area contributed by atoms with Gasteiger partial charge in [0.05, 0.1) is 29.0 Å². The van der Waals surface area contributed by atoms with Gasteiger partial charge in [-0.25, -0.2) is 14.4 Å². The summed E-state index contributed by atoms with van der Waals surface area (Å²) in [5.74, 6) is -0.163. The maximum atomic E-state index is 13.4. The van der Waals surface area contributed by atoms with Crippen molar-refractivity contribution in [3.8, 4) is 17.6 Å². The van der Waals surface area contributed by atoms with E-state index in [0.29, 0.717) is 44.1 Å². The number of hydrogen-bond acceptors (Lipinski definition) is 7. The molecule has 1 atom stereocenters. The molecule has 0 aliphatic heterocycles. The summed E-state index contributed by atoms with van der Waals surface area (Å²) in [5.41, 5.74) is 2.39. The van der Waals surface area contributed by atoms with E-state index in [9.17, 15) is 20.0 Å². The molecule has 0 unspecified atom stereocenters. The lowest BCUT2D eigenvalue weighted by Crippen LogP contribution is -2.20. The highest BCUT2D eigenvalue weighted by Gasteiger charge is 2.24. The SMILES string of the molecule is CCOC(=O)c1ccc(-n2c(O)c(/C=N/c3sc4c(c3C#N)CC[C@H](C)C4)c3ccccc3c2=O)cc1. The van der Waals surface area contributed by atoms with Crippen molar-refractivity contribution in [2.24, 2.45) is 10.9 Å². The molecule has 7 nitrogen and oxygen atoms in total. The fourth-order valence-electron chi connectivity index (χ4n) is 4.76. The van der Waals surface area contributed by atoms with Crippen LogP contribution in [0.25, 0.3) is 16.5 Å². The van der Waals surface area contributed by atoms with Gasteiger partial charge in [-0.1, -0.05) is 25.1 Å². The number of rotatable bonds is 5. The topological polar surface area (TPSA) is 105 Å². The predicted molar refractivity (Wildman–Crippen MR) is 145 cm³/mol. The molecule has 1 N–H and O–H groups in total. The summed E-state index contributed by atoms with van der Waals surface area (Å²) in [6, 6.07) is 15.6. The first kappa shape index (κ1) is 24.5. The molecule has 0 saturated heterocycles. The molecule has 1 aliphatic carbocycles. The zero-order valence-electron chi connectivity index (χ0n) is 20.5. The van der Waals surface area contributed by atoms with Crippen molar-refractivity contribution >= 4 is 39.3 Å². The van der Waals surface area contributed by atoms with Crippen molar-refractivity contribution in [2.45, 2.75) is 33.1 Å². The Morgan fingerprint density at radius 3 is 2.68 bits per heavy atom. The molecule has 0 fully saturated rings. The number of aromatic nitrogens is 1. The van der Waals surface area contributed by atoms with Crippen LogP contribution in [0.15, 0.2) is 58.3 Å². The predicted octanol–water partition coefficient (Wildman–Crippen LogP) is 5.68. The number of pyridine rings is 1. The lowest BCUT2D eigenvalue weighted by atomic mass is 9.89. The van der Waals surface area contributed by atoms with Crippen LogP contribution in [0.2, 0.25) is 0 Å². The van der Waals surface area contributed by atoms with E-state index >= 15 is 0 Å². The number of fused-ring (bicyclic) bond motifs is 2. The van der Waals surface area contributed by atoms with Crippen molar-refractivity contribution in [3.05, 3.63) is 86.0 Å². The first-order valence-electron chi connectivity index (χ1n) is 12.2. The van der Waals surface area contributed by atoms with E-state index < -0.39 is 11.5 Å². The average Bonchev–Trinajstić information content (AvgIpc) is 3.25. The van der Waals surface area contributed by atoms with Crippen molar-refractivity contribution in [1.29, 1.82) is 5.26 Å². The van der Waals surface area contributed by atoms with Gasteiger partial charge in [0, 0.05) is 21.9 Å². The van der Waals surface area contributed by atoms with Gasteiger partial charge in [-0.2, -0.15) is 5.26 Å². The van der Waals surface area contributed by atoms with Gasteiger partial charge in [0.2, 0.25) is 5.88 Å². The van der Waals surface area contributed by atoms with Crippen LogP contribution in [-0.4, -0.2) is 28.5 Å². The largest absolute Gasteiger partial charge is 0.494 e. The summed E-state index contributed by atoms with van der Waals surface area (Å²) >= 11 is 1.52. The second kappa shape index (κ2) is 10.0. The standard InChI is InChI=1S/C29H25N3O4S/c1-3-36-29(35)18-9-11-19(12-10-18)32-27(33)22-7-5-4-6-20(22)24(28(32)34)16-31-26-23(15-30)21-13-8-17(2)14-25(21)37-26/h4-7,9-12,16-17,34H,3,8,13-14H2,1-2H3/b31-16+/t17-/m0/s1. The summed E-state index contributed by atoms with van der Waals surface area (Å²) in [6.07, 6.45) is 4.38. The summed E-state index contributed by atoms with van der Waals surface area (Å²) in [4.78, 5) is 31.3. The van der Waals surface area contributed by atoms with Gasteiger partial charge in [0.1, 0.15) is 11.1 Å². The number of benzene rings is 2. The van der Waals surface area contributed by atoms with Crippen molar-refractivity contribution in [3.63, 3.8) is 0 Å². The molecule has 4 aromatic rings. The fraction of sp³-hybridized carbons (Fsp3) is 0.241. The van der Waals surface area contributed by atoms with E-state index in [-0.39, 0.29) is 12.5 Å². The molecule has 1 aliphatic rings. The second-order valence-corrected chi connectivity index (χ2v) is 10.2. The van der Waals surface area contributed by atoms with E-state index in [1.165, 1.54) is 27.0 Å². The van der Waals surface area contributed by atoms with E-state index in [1.807, 2.05) is 0 Å². The average molecular weight is 512 g/mol. The normalized spacial score (nSPS) is 15.0. The number of carbonyl (C=O) groups is 1. The lowest BCUT2D eigenvalue weighted by molar-refractivity contribution is 0.0526. The third kappa shape index (κ3) is 4.43. The lowest BCUT2D eigenvalue weighted by Gasteiger charge is -2.17. The smallest absolute Gasteiger partial charge is 0.338 e. The Morgan fingerprint density at radius 1 is 1.24 bits per heavy atom. The first-order chi connectivity index (χ1) is 17.9. The minimum Gasteiger partial charge on any atom is -0.494 e. The number of nitrogens with zero attached hydrogens (tertiary/aromatic N) is 3. The molecule has 2 aromatic carbocycles. The Bertz CT molecular complexity index is 1640. The van der Waals surface area contributed by atoms with Gasteiger partial charge in [-0.3, -0.25) is 4.79 Å². The number of carbonyl (C=O) groups excluding carboxylic acids is 1. The van der Waals surface area contributed by atoms with Crippen LogP contribution in [0.5, 0.6) is 5.88 Å². The molecule has 0 saturated carbocycles. The zero-order valence-corrected chi connectivity index (χ0v) is 21.3. The molecule has 37 heavy (non-hydrogen) atoms. The van der Waals surface area contributed by atoms with Gasteiger partial charge in [-0.05, 0) is 68.0 Å². The highest BCUT2D eigenvalue weighted by molar-refractivity contribution is 7.16. The molecule has 0 amide bonds. The van der Waals surface area contributed by atoms with E-state index in [1.54, 1.807) is 55.5 Å². The van der Waals surface area contributed by atoms with Crippen LogP contribution in [-0.2, 0) is 17.6 Å². The Hall–Kier alpha value is -4.22. The molecule has 0 radical (unpaired) electrons. The number of hydrogen-bond donors (Lipinski definition) is 1. The fourth-order valence-corrected chi connectivity index (χ4v) is 6.06. The molecule has 2 heterocycles. The van der Waals surface area contributed by atoms with Gasteiger partial charge in [-0.15, -0.1) is 11.3 Å². The molecular formula is C29H25N3O4S. The minimum absolute atomic E-state index is 0.258. The van der Waals surface area contributed by atoms with Crippen LogP contribution in [0.4, 0.5) is 5.00 Å². The Balaban J connectivity index is 1.63. The Labute approximate surface area is 217 Å². The zero-order chi connectivity index (χ0) is 26.1. The van der Waals surface area contributed by atoms with Crippen molar-refractivity contribution < 1.29 is 14.6 Å². The number of aromatic hydroxyl groups is 1. The van der Waals surface area contributed by atoms with Crippen LogP contribution in [0.3, 0.4) is 0 Å². The molecule has 186 valence electrons. The number of ether oxygens (including phenoxy) is 1. The van der Waals surface area contributed by atoms with Gasteiger partial charge in [0.25, 0.3) is 5.56 Å². The Kier molecular flexibility index (Phi) is 6.64. The molecule has 0 bridgehead atoms. The number of aliphatic imine (C=N–C) groups is 1. The van der Waals surface area contributed by atoms with E-state index in [2.05, 4.69) is 18.0 Å². The minimum atomic E-state index is -0.460. The molecule has 2 aromatic heterocycles. The summed E-state index contributed by atoms with van der Waals surface area (Å²) in [7, 11) is 0. The second-order valence-electron chi connectivity index (χ2n) is 9.09. The summed E-state index contributed by atoms with van der Waals surface area (Å²) in [5, 5.41) is 22.7. The highest BCUT2D eigenvalue weighted by Crippen LogP contribution is 2.41. The van der Waals surface area contributed by atoms with Crippen molar-refractivity contribution in [1.82, 2.24) is 4.57 Å². The van der Waals surface area contributed by atoms with Crippen LogP contribution in [0, 0.1) is 17.2 Å². The monoisotopic (exact) mass is 511 g/mol. The summed E-state index contributed by atoms with van der Waals surface area (Å²) in [6.45, 7) is 4.20. The quantitative estimate of drug-likeness (QED) is 0.274. The van der Waals surface area contributed by atoms with E-state index in [0.717, 1.165) is 24.8 Å². The highest BCUT2D eigenvalue weighted by atomic mass is 32.1. The van der Waals surface area contributed by atoms with Crippen LogP contribution in [0.1, 0.15) is 52.2 Å². The summed E-state index contributed by atoms with van der Waals surface area (Å²) < 4.78 is 6.23. The first-order valence-corrected chi connectivity index (χ1v) is 13.0. The Morgan fingerprint density at radius 2 is 1.97 bits per heavy atom.